The summed E-state index contributed by atoms with van der Waals surface area (Å²) in [7, 11) is 0. The molecule has 0 amide bonds. The molecule has 2 nitrogen and oxygen atoms in total. The van der Waals surface area contributed by atoms with Crippen molar-refractivity contribution in [1.82, 2.24) is 5.32 Å². The summed E-state index contributed by atoms with van der Waals surface area (Å²) in [4.78, 5) is 1.39. The number of piperidine rings is 1. The molecule has 2 atom stereocenters. The molecule has 0 saturated carbocycles. The van der Waals surface area contributed by atoms with Crippen molar-refractivity contribution in [1.29, 1.82) is 0 Å². The third-order valence-corrected chi connectivity index (χ3v) is 4.27. The summed E-state index contributed by atoms with van der Waals surface area (Å²) in [6.07, 6.45) is 3.39. The lowest BCUT2D eigenvalue weighted by Crippen LogP contribution is -2.38. The summed E-state index contributed by atoms with van der Waals surface area (Å²) in [5, 5.41) is 7.18. The first kappa shape index (κ1) is 9.55. The maximum Gasteiger partial charge on any atom is 0.0517 e. The zero-order valence-corrected chi connectivity index (χ0v) is 9.73. The van der Waals surface area contributed by atoms with Crippen LogP contribution >= 0.6 is 11.8 Å². The van der Waals surface area contributed by atoms with Crippen molar-refractivity contribution in [3.05, 3.63) is 23.8 Å². The smallest absolute Gasteiger partial charge is 0.0517 e. The summed E-state index contributed by atoms with van der Waals surface area (Å²) in [6.45, 7) is 2.28. The maximum absolute atomic E-state index is 3.70. The highest BCUT2D eigenvalue weighted by molar-refractivity contribution is 7.98. The van der Waals surface area contributed by atoms with Gasteiger partial charge in [0, 0.05) is 23.4 Å². The average Bonchev–Trinajstić information content (AvgIpc) is 2.67. The van der Waals surface area contributed by atoms with Crippen LogP contribution in [0.2, 0.25) is 0 Å². The lowest BCUT2D eigenvalue weighted by molar-refractivity contribution is 0.440. The fourth-order valence-corrected chi connectivity index (χ4v) is 3.32. The zero-order valence-electron chi connectivity index (χ0n) is 8.92. The van der Waals surface area contributed by atoms with Crippen LogP contribution in [0.3, 0.4) is 0 Å². The third-order valence-electron chi connectivity index (χ3n) is 3.49. The molecule has 1 fully saturated rings. The number of anilines is 1. The Morgan fingerprint density at radius 2 is 2.33 bits per heavy atom. The van der Waals surface area contributed by atoms with Gasteiger partial charge in [0.05, 0.1) is 5.69 Å². The van der Waals surface area contributed by atoms with E-state index in [0.29, 0.717) is 12.0 Å². The number of benzene rings is 1. The van der Waals surface area contributed by atoms with Crippen LogP contribution < -0.4 is 10.6 Å². The van der Waals surface area contributed by atoms with E-state index in [2.05, 4.69) is 35.1 Å². The predicted molar refractivity (Wildman–Crippen MR) is 65.9 cm³/mol. The van der Waals surface area contributed by atoms with Crippen molar-refractivity contribution >= 4 is 17.4 Å². The SMILES string of the molecule is CSc1cccc2c1N[C@@H]1CCNC[C@H]21. The van der Waals surface area contributed by atoms with Crippen LogP contribution in [0.1, 0.15) is 17.9 Å². The van der Waals surface area contributed by atoms with Gasteiger partial charge in [-0.3, -0.25) is 0 Å². The molecular weight excluding hydrogens is 204 g/mol. The number of fused-ring (bicyclic) bond motifs is 3. The van der Waals surface area contributed by atoms with Crippen molar-refractivity contribution in [3.63, 3.8) is 0 Å². The molecule has 2 aliphatic rings. The third kappa shape index (κ3) is 1.45. The molecule has 1 aromatic carbocycles. The van der Waals surface area contributed by atoms with E-state index in [-0.39, 0.29) is 0 Å². The van der Waals surface area contributed by atoms with Crippen molar-refractivity contribution < 1.29 is 0 Å². The van der Waals surface area contributed by atoms with E-state index in [0.717, 1.165) is 13.1 Å². The molecule has 2 N–H and O–H groups in total. The normalized spacial score (nSPS) is 28.1. The number of thioether (sulfide) groups is 1. The Morgan fingerprint density at radius 1 is 1.40 bits per heavy atom. The van der Waals surface area contributed by atoms with E-state index in [1.165, 1.54) is 22.6 Å². The number of rotatable bonds is 1. The van der Waals surface area contributed by atoms with E-state index in [4.69, 9.17) is 0 Å². The second-order valence-corrected chi connectivity index (χ2v) is 5.12. The van der Waals surface area contributed by atoms with Crippen LogP contribution in [-0.2, 0) is 0 Å². The molecule has 2 heterocycles. The largest absolute Gasteiger partial charge is 0.380 e. The van der Waals surface area contributed by atoms with E-state index in [1.807, 2.05) is 11.8 Å². The molecular formula is C12H16N2S. The first-order chi connectivity index (χ1) is 7.40. The minimum atomic E-state index is 0.662. The number of hydrogen-bond acceptors (Lipinski definition) is 3. The predicted octanol–water partition coefficient (Wildman–Crippen LogP) is 2.28. The molecule has 1 saturated heterocycles. The second kappa shape index (κ2) is 3.72. The van der Waals surface area contributed by atoms with E-state index >= 15 is 0 Å². The lowest BCUT2D eigenvalue weighted by atomic mass is 9.91. The van der Waals surface area contributed by atoms with Crippen molar-refractivity contribution in [2.75, 3.05) is 24.7 Å². The van der Waals surface area contributed by atoms with Crippen LogP contribution in [0.4, 0.5) is 5.69 Å². The summed E-state index contributed by atoms with van der Waals surface area (Å²) in [5.41, 5.74) is 2.91. The van der Waals surface area contributed by atoms with Gasteiger partial charge in [-0.25, -0.2) is 0 Å². The van der Waals surface area contributed by atoms with E-state index < -0.39 is 0 Å². The molecule has 0 radical (unpaired) electrons. The van der Waals surface area contributed by atoms with Crippen LogP contribution in [0.25, 0.3) is 0 Å². The Labute approximate surface area is 94.8 Å². The molecule has 0 aromatic heterocycles. The average molecular weight is 220 g/mol. The monoisotopic (exact) mass is 220 g/mol. The van der Waals surface area contributed by atoms with Gasteiger partial charge in [0.25, 0.3) is 0 Å². The van der Waals surface area contributed by atoms with Gasteiger partial charge in [-0.15, -0.1) is 11.8 Å². The first-order valence-electron chi connectivity index (χ1n) is 5.54. The summed E-state index contributed by atoms with van der Waals surface area (Å²) >= 11 is 1.84. The highest BCUT2D eigenvalue weighted by Crippen LogP contribution is 2.42. The van der Waals surface area contributed by atoms with Gasteiger partial charge in [0.2, 0.25) is 0 Å². The highest BCUT2D eigenvalue weighted by atomic mass is 32.2. The molecule has 0 bridgehead atoms. The zero-order chi connectivity index (χ0) is 10.3. The number of hydrogen-bond donors (Lipinski definition) is 2. The van der Waals surface area contributed by atoms with E-state index in [9.17, 15) is 0 Å². The van der Waals surface area contributed by atoms with E-state index in [1.54, 1.807) is 0 Å². The molecule has 80 valence electrons. The molecule has 15 heavy (non-hydrogen) atoms. The van der Waals surface area contributed by atoms with Gasteiger partial charge in [-0.2, -0.15) is 0 Å². The van der Waals surface area contributed by atoms with Crippen LogP contribution in [-0.4, -0.2) is 25.4 Å². The van der Waals surface area contributed by atoms with Crippen LogP contribution in [0.5, 0.6) is 0 Å². The Bertz CT molecular complexity index is 378. The highest BCUT2D eigenvalue weighted by Gasteiger charge is 2.34. The van der Waals surface area contributed by atoms with Gasteiger partial charge in [0.1, 0.15) is 0 Å². The van der Waals surface area contributed by atoms with Crippen molar-refractivity contribution in [2.45, 2.75) is 23.3 Å². The quantitative estimate of drug-likeness (QED) is 0.710. The molecule has 0 aliphatic carbocycles. The van der Waals surface area contributed by atoms with Gasteiger partial charge >= 0.3 is 0 Å². The lowest BCUT2D eigenvalue weighted by Gasteiger charge is -2.26. The Kier molecular flexibility index (Phi) is 2.37. The topological polar surface area (TPSA) is 24.1 Å². The molecule has 1 aromatic rings. The molecule has 3 heteroatoms. The first-order valence-corrected chi connectivity index (χ1v) is 6.77. The van der Waals surface area contributed by atoms with Crippen molar-refractivity contribution in [3.8, 4) is 0 Å². The minimum Gasteiger partial charge on any atom is -0.380 e. The Balaban J connectivity index is 2.03. The van der Waals surface area contributed by atoms with Gasteiger partial charge in [0.15, 0.2) is 0 Å². The Hall–Kier alpha value is -0.670. The number of para-hydroxylation sites is 1. The number of nitrogens with one attached hydrogen (secondary N) is 2. The van der Waals surface area contributed by atoms with Gasteiger partial charge in [-0.05, 0) is 30.9 Å². The second-order valence-electron chi connectivity index (χ2n) is 4.27. The fourth-order valence-electron chi connectivity index (χ4n) is 2.73. The minimum absolute atomic E-state index is 0.662. The van der Waals surface area contributed by atoms with Crippen molar-refractivity contribution in [2.24, 2.45) is 0 Å². The molecule has 3 rings (SSSR count). The Morgan fingerprint density at radius 3 is 3.20 bits per heavy atom. The van der Waals surface area contributed by atoms with Crippen LogP contribution in [0.15, 0.2) is 23.1 Å². The fraction of sp³-hybridized carbons (Fsp3) is 0.500. The standard InChI is InChI=1S/C12H16N2S/c1-15-11-4-2-3-8-9-7-13-6-5-10(9)14-12(8)11/h2-4,9-10,13-14H,5-7H2,1H3/t9-,10-/m1/s1. The molecule has 0 spiro atoms. The maximum atomic E-state index is 3.70. The summed E-state index contributed by atoms with van der Waals surface area (Å²) in [5.74, 6) is 0.681. The van der Waals surface area contributed by atoms with Crippen LogP contribution in [0, 0.1) is 0 Å². The summed E-state index contributed by atoms with van der Waals surface area (Å²) < 4.78 is 0. The molecule has 0 unspecified atom stereocenters. The summed E-state index contributed by atoms with van der Waals surface area (Å²) in [6, 6.07) is 7.33. The molecule has 2 aliphatic heterocycles. The van der Waals surface area contributed by atoms with Gasteiger partial charge < -0.3 is 10.6 Å². The van der Waals surface area contributed by atoms with Gasteiger partial charge in [-0.1, -0.05) is 12.1 Å².